The second-order valence-corrected chi connectivity index (χ2v) is 7.54. The van der Waals surface area contributed by atoms with Crippen LogP contribution in [-0.4, -0.2) is 24.6 Å². The maximum absolute atomic E-state index is 13.7. The molecule has 0 aliphatic rings. The number of amides is 1. The highest BCUT2D eigenvalue weighted by Gasteiger charge is 2.36. The minimum absolute atomic E-state index is 0.0480. The molecule has 0 bridgehead atoms. The Labute approximate surface area is 194 Å². The number of para-hydroxylation sites is 1. The van der Waals surface area contributed by atoms with Crippen molar-refractivity contribution in [2.45, 2.75) is 25.1 Å². The number of halogens is 4. The van der Waals surface area contributed by atoms with E-state index in [4.69, 9.17) is 4.74 Å². The molecule has 3 aromatic carbocycles. The normalized spacial score (nSPS) is 12.2. The summed E-state index contributed by atoms with van der Waals surface area (Å²) in [6, 6.07) is 15.2. The molecular formula is C25H24F4N2O3. The molecule has 34 heavy (non-hydrogen) atoms. The number of benzene rings is 3. The quantitative estimate of drug-likeness (QED) is 0.359. The molecule has 1 unspecified atom stereocenters. The Kier molecular flexibility index (Phi) is 8.12. The molecule has 180 valence electrons. The van der Waals surface area contributed by atoms with Gasteiger partial charge in [0.05, 0.1) is 11.7 Å². The van der Waals surface area contributed by atoms with Crippen LogP contribution in [0, 0.1) is 5.82 Å². The topological polar surface area (TPSA) is 70.6 Å². The number of alkyl halides is 3. The van der Waals surface area contributed by atoms with Crippen LogP contribution in [0.1, 0.15) is 29.2 Å². The van der Waals surface area contributed by atoms with Gasteiger partial charge in [-0.3, -0.25) is 4.79 Å². The SMILES string of the molecule is CNC(=O)CCc1ccc(Oc2c(C(O)CNc3ccc(F)cc3)cccc2C(F)(F)F)cc1. The van der Waals surface area contributed by atoms with Gasteiger partial charge in [0.25, 0.3) is 0 Å². The number of nitrogens with one attached hydrogen (secondary N) is 2. The molecular weight excluding hydrogens is 452 g/mol. The number of hydrogen-bond donors (Lipinski definition) is 3. The Hall–Kier alpha value is -3.59. The lowest BCUT2D eigenvalue weighted by Crippen LogP contribution is -2.17. The zero-order chi connectivity index (χ0) is 24.7. The fraction of sp³-hybridized carbons (Fsp3) is 0.240. The number of anilines is 1. The van der Waals surface area contributed by atoms with Crippen molar-refractivity contribution >= 4 is 11.6 Å². The Morgan fingerprint density at radius 2 is 1.71 bits per heavy atom. The lowest BCUT2D eigenvalue weighted by atomic mass is 10.0. The van der Waals surface area contributed by atoms with Gasteiger partial charge in [-0.25, -0.2) is 4.39 Å². The minimum Gasteiger partial charge on any atom is -0.456 e. The summed E-state index contributed by atoms with van der Waals surface area (Å²) in [5, 5.41) is 16.0. The molecule has 0 aromatic heterocycles. The molecule has 0 aliphatic carbocycles. The second-order valence-electron chi connectivity index (χ2n) is 7.54. The highest BCUT2D eigenvalue weighted by molar-refractivity contribution is 5.75. The van der Waals surface area contributed by atoms with Crippen molar-refractivity contribution in [1.82, 2.24) is 5.32 Å². The minimum atomic E-state index is -4.71. The van der Waals surface area contributed by atoms with E-state index in [-0.39, 0.29) is 30.2 Å². The van der Waals surface area contributed by atoms with Crippen LogP contribution in [0.15, 0.2) is 66.7 Å². The molecule has 3 rings (SSSR count). The van der Waals surface area contributed by atoms with Gasteiger partial charge in [0.15, 0.2) is 0 Å². The van der Waals surface area contributed by atoms with Crippen molar-refractivity contribution < 1.29 is 32.2 Å². The van der Waals surface area contributed by atoms with Gasteiger partial charge in [-0.1, -0.05) is 24.3 Å². The largest absolute Gasteiger partial charge is 0.456 e. The van der Waals surface area contributed by atoms with Crippen LogP contribution in [-0.2, 0) is 17.4 Å². The first-order valence-electron chi connectivity index (χ1n) is 10.5. The van der Waals surface area contributed by atoms with Gasteiger partial charge < -0.3 is 20.5 Å². The monoisotopic (exact) mass is 476 g/mol. The number of ether oxygens (including phenoxy) is 1. The zero-order valence-electron chi connectivity index (χ0n) is 18.3. The van der Waals surface area contributed by atoms with Crippen LogP contribution in [0.3, 0.4) is 0 Å². The standard InChI is InChI=1S/C25H24F4N2O3/c1-30-23(33)14-7-16-5-12-19(13-6-16)34-24-20(3-2-4-21(24)25(27,28)29)22(32)15-31-18-10-8-17(26)9-11-18/h2-6,8-13,22,31-32H,7,14-15H2,1H3,(H,30,33). The molecule has 0 spiro atoms. The molecule has 1 atom stereocenters. The summed E-state index contributed by atoms with van der Waals surface area (Å²) in [5.41, 5.74) is 0.258. The van der Waals surface area contributed by atoms with E-state index in [0.29, 0.717) is 12.1 Å². The molecule has 0 saturated heterocycles. The van der Waals surface area contributed by atoms with E-state index < -0.39 is 29.4 Å². The average molecular weight is 476 g/mol. The third kappa shape index (κ3) is 6.71. The van der Waals surface area contributed by atoms with E-state index in [2.05, 4.69) is 10.6 Å². The van der Waals surface area contributed by atoms with Gasteiger partial charge >= 0.3 is 6.18 Å². The molecule has 3 aromatic rings. The summed E-state index contributed by atoms with van der Waals surface area (Å²) in [6.07, 6.45) is -5.29. The lowest BCUT2D eigenvalue weighted by Gasteiger charge is -2.21. The number of rotatable bonds is 9. The van der Waals surface area contributed by atoms with E-state index in [9.17, 15) is 27.5 Å². The first-order chi connectivity index (χ1) is 16.2. The molecule has 1 amide bonds. The van der Waals surface area contributed by atoms with E-state index in [1.165, 1.54) is 48.5 Å². The molecule has 0 fully saturated rings. The van der Waals surface area contributed by atoms with Crippen LogP contribution in [0.2, 0.25) is 0 Å². The third-order valence-corrected chi connectivity index (χ3v) is 5.12. The second kappa shape index (κ2) is 11.0. The van der Waals surface area contributed by atoms with Crippen molar-refractivity contribution in [2.75, 3.05) is 18.9 Å². The van der Waals surface area contributed by atoms with Gasteiger partial charge in [-0.05, 0) is 54.4 Å². The van der Waals surface area contributed by atoms with Gasteiger partial charge in [-0.15, -0.1) is 0 Å². The first kappa shape index (κ1) is 25.0. The zero-order valence-corrected chi connectivity index (χ0v) is 18.3. The summed E-state index contributed by atoms with van der Waals surface area (Å²) >= 11 is 0. The molecule has 5 nitrogen and oxygen atoms in total. The fourth-order valence-corrected chi connectivity index (χ4v) is 3.27. The molecule has 0 aliphatic heterocycles. The van der Waals surface area contributed by atoms with Crippen LogP contribution >= 0.6 is 0 Å². The maximum atomic E-state index is 13.7. The number of aliphatic hydroxyl groups excluding tert-OH is 1. The smallest absolute Gasteiger partial charge is 0.419 e. The predicted octanol–water partition coefficient (Wildman–Crippen LogP) is 5.46. The molecule has 0 saturated carbocycles. The maximum Gasteiger partial charge on any atom is 0.419 e. The van der Waals surface area contributed by atoms with Crippen molar-refractivity contribution in [1.29, 1.82) is 0 Å². The predicted molar refractivity (Wildman–Crippen MR) is 120 cm³/mol. The summed E-state index contributed by atoms with van der Waals surface area (Å²) in [4.78, 5) is 11.4. The Morgan fingerprint density at radius 1 is 1.03 bits per heavy atom. The van der Waals surface area contributed by atoms with Crippen LogP contribution in [0.4, 0.5) is 23.2 Å². The molecule has 9 heteroatoms. The van der Waals surface area contributed by atoms with Crippen molar-refractivity contribution in [3.63, 3.8) is 0 Å². The van der Waals surface area contributed by atoms with E-state index in [1.54, 1.807) is 19.2 Å². The van der Waals surface area contributed by atoms with Gasteiger partial charge in [0.2, 0.25) is 5.91 Å². The first-order valence-corrected chi connectivity index (χ1v) is 10.5. The average Bonchev–Trinajstić information content (AvgIpc) is 2.82. The number of carbonyl (C=O) groups excluding carboxylic acids is 1. The van der Waals surface area contributed by atoms with Crippen LogP contribution in [0.25, 0.3) is 0 Å². The Bertz CT molecular complexity index is 1100. The van der Waals surface area contributed by atoms with E-state index in [0.717, 1.165) is 11.6 Å². The lowest BCUT2D eigenvalue weighted by molar-refractivity contribution is -0.138. The molecule has 3 N–H and O–H groups in total. The Balaban J connectivity index is 1.82. The van der Waals surface area contributed by atoms with Crippen molar-refractivity contribution in [3.05, 3.63) is 89.2 Å². The van der Waals surface area contributed by atoms with Crippen LogP contribution < -0.4 is 15.4 Å². The number of hydrogen-bond acceptors (Lipinski definition) is 4. The van der Waals surface area contributed by atoms with E-state index in [1.807, 2.05) is 0 Å². The van der Waals surface area contributed by atoms with E-state index >= 15 is 0 Å². The highest BCUT2D eigenvalue weighted by Crippen LogP contribution is 2.42. The van der Waals surface area contributed by atoms with Crippen LogP contribution in [0.5, 0.6) is 11.5 Å². The third-order valence-electron chi connectivity index (χ3n) is 5.12. The van der Waals surface area contributed by atoms with Gasteiger partial charge in [-0.2, -0.15) is 13.2 Å². The summed E-state index contributed by atoms with van der Waals surface area (Å²) in [7, 11) is 1.54. The molecule has 0 heterocycles. The number of aliphatic hydroxyl groups is 1. The van der Waals surface area contributed by atoms with Crippen molar-refractivity contribution in [2.24, 2.45) is 0 Å². The van der Waals surface area contributed by atoms with Crippen molar-refractivity contribution in [3.8, 4) is 11.5 Å². The number of aryl methyl sites for hydroxylation is 1. The van der Waals surface area contributed by atoms with Gasteiger partial charge in [0.1, 0.15) is 17.3 Å². The summed E-state index contributed by atoms with van der Waals surface area (Å²) in [5.74, 6) is -0.895. The fourth-order valence-electron chi connectivity index (χ4n) is 3.27. The molecule has 0 radical (unpaired) electrons. The summed E-state index contributed by atoms with van der Waals surface area (Å²) < 4.78 is 59.8. The Morgan fingerprint density at radius 3 is 2.32 bits per heavy atom. The highest BCUT2D eigenvalue weighted by atomic mass is 19.4. The summed E-state index contributed by atoms with van der Waals surface area (Å²) in [6.45, 7) is -0.123. The number of carbonyl (C=O) groups is 1. The van der Waals surface area contributed by atoms with Gasteiger partial charge in [0, 0.05) is 31.3 Å².